The summed E-state index contributed by atoms with van der Waals surface area (Å²) >= 11 is 0. The summed E-state index contributed by atoms with van der Waals surface area (Å²) in [5.41, 5.74) is 2.80. The van der Waals surface area contributed by atoms with Gasteiger partial charge in [-0.05, 0) is 50.2 Å². The molecule has 5 nitrogen and oxygen atoms in total. The third kappa shape index (κ3) is 5.05. The van der Waals surface area contributed by atoms with Gasteiger partial charge in [-0.25, -0.2) is 0 Å². The first-order valence-electron chi connectivity index (χ1n) is 7.71. The first-order valence-corrected chi connectivity index (χ1v) is 7.71. The lowest BCUT2D eigenvalue weighted by Gasteiger charge is -2.07. The lowest BCUT2D eigenvalue weighted by atomic mass is 10.1. The summed E-state index contributed by atoms with van der Waals surface area (Å²) in [6.45, 7) is 3.66. The van der Waals surface area contributed by atoms with Crippen LogP contribution < -0.4 is 10.6 Å². The summed E-state index contributed by atoms with van der Waals surface area (Å²) in [4.78, 5) is 35.0. The van der Waals surface area contributed by atoms with Crippen molar-refractivity contribution in [3.8, 4) is 0 Å². The molecule has 2 N–H and O–H groups in total. The molecule has 2 rings (SSSR count). The van der Waals surface area contributed by atoms with Crippen molar-refractivity contribution >= 4 is 23.3 Å². The predicted molar refractivity (Wildman–Crippen MR) is 93.2 cm³/mol. The van der Waals surface area contributed by atoms with Gasteiger partial charge in [-0.3, -0.25) is 14.4 Å². The summed E-state index contributed by atoms with van der Waals surface area (Å²) in [5.74, 6) is -0.417. The second-order valence-corrected chi connectivity index (χ2v) is 5.56. The van der Waals surface area contributed by atoms with Crippen molar-refractivity contribution in [3.63, 3.8) is 0 Å². The number of rotatable bonds is 6. The molecule has 0 aromatic heterocycles. The number of hydrogen-bond donors (Lipinski definition) is 2. The fourth-order valence-electron chi connectivity index (χ4n) is 2.19. The monoisotopic (exact) mass is 324 g/mol. The molecule has 5 heteroatoms. The van der Waals surface area contributed by atoms with Crippen LogP contribution in [-0.4, -0.2) is 24.1 Å². The molecule has 0 unspecified atom stereocenters. The number of hydrogen-bond acceptors (Lipinski definition) is 3. The molecule has 24 heavy (non-hydrogen) atoms. The van der Waals surface area contributed by atoms with E-state index in [1.807, 2.05) is 19.1 Å². The molecule has 0 aliphatic heterocycles. The minimum atomic E-state index is -0.199. The normalized spacial score (nSPS) is 10.1. The van der Waals surface area contributed by atoms with Crippen LogP contribution in [-0.2, 0) is 4.79 Å². The Bertz CT molecular complexity index is 751. The maximum Gasteiger partial charge on any atom is 0.251 e. The highest BCUT2D eigenvalue weighted by molar-refractivity contribution is 5.96. The van der Waals surface area contributed by atoms with E-state index < -0.39 is 0 Å². The molecule has 0 radical (unpaired) electrons. The van der Waals surface area contributed by atoms with Gasteiger partial charge in [0.15, 0.2) is 5.78 Å². The Morgan fingerprint density at radius 1 is 0.958 bits per heavy atom. The van der Waals surface area contributed by atoms with Crippen LogP contribution in [0.25, 0.3) is 0 Å². The van der Waals surface area contributed by atoms with Crippen molar-refractivity contribution in [2.75, 3.05) is 11.9 Å². The van der Waals surface area contributed by atoms with E-state index in [0.717, 1.165) is 5.56 Å². The first kappa shape index (κ1) is 17.4. The smallest absolute Gasteiger partial charge is 0.251 e. The van der Waals surface area contributed by atoms with Crippen LogP contribution in [0.5, 0.6) is 0 Å². The van der Waals surface area contributed by atoms with E-state index in [0.29, 0.717) is 16.8 Å². The molecule has 0 aliphatic carbocycles. The van der Waals surface area contributed by atoms with Gasteiger partial charge >= 0.3 is 0 Å². The van der Waals surface area contributed by atoms with Gasteiger partial charge in [0.2, 0.25) is 5.91 Å². The Balaban J connectivity index is 1.79. The van der Waals surface area contributed by atoms with Crippen molar-refractivity contribution in [1.29, 1.82) is 0 Å². The fourth-order valence-corrected chi connectivity index (χ4v) is 2.19. The number of anilines is 1. The van der Waals surface area contributed by atoms with E-state index in [-0.39, 0.29) is 30.6 Å². The highest BCUT2D eigenvalue weighted by atomic mass is 16.2. The highest BCUT2D eigenvalue weighted by Gasteiger charge is 2.07. The summed E-state index contributed by atoms with van der Waals surface area (Å²) < 4.78 is 0. The minimum Gasteiger partial charge on any atom is -0.352 e. The number of carbonyl (C=O) groups excluding carboxylic acids is 3. The molecule has 0 atom stereocenters. The summed E-state index contributed by atoms with van der Waals surface area (Å²) in [6, 6.07) is 14.0. The standard InChI is InChI=1S/C19H20N2O3/c1-13-4-3-5-16(12-13)19(24)20-11-10-18(23)21-17-8-6-15(7-9-17)14(2)22/h3-9,12H,10-11H2,1-2H3,(H,20,24)(H,21,23). The maximum atomic E-state index is 12.0. The third-order valence-electron chi connectivity index (χ3n) is 3.49. The summed E-state index contributed by atoms with van der Waals surface area (Å²) in [6.07, 6.45) is 0.173. The molecule has 2 aromatic carbocycles. The van der Waals surface area contributed by atoms with Crippen LogP contribution in [0.15, 0.2) is 48.5 Å². The van der Waals surface area contributed by atoms with Gasteiger partial charge in [0.05, 0.1) is 0 Å². The Kier molecular flexibility index (Phi) is 5.84. The van der Waals surface area contributed by atoms with Gasteiger partial charge in [0.1, 0.15) is 0 Å². The summed E-state index contributed by atoms with van der Waals surface area (Å²) in [7, 11) is 0. The maximum absolute atomic E-state index is 12.0. The molecule has 0 saturated heterocycles. The average Bonchev–Trinajstić information content (AvgIpc) is 2.55. The van der Waals surface area contributed by atoms with Crippen molar-refractivity contribution in [2.45, 2.75) is 20.3 Å². The van der Waals surface area contributed by atoms with Gasteiger partial charge < -0.3 is 10.6 Å². The SMILES string of the molecule is CC(=O)c1ccc(NC(=O)CCNC(=O)c2cccc(C)c2)cc1. The molecular formula is C19H20N2O3. The van der Waals surface area contributed by atoms with Crippen LogP contribution in [0.2, 0.25) is 0 Å². The zero-order valence-corrected chi connectivity index (χ0v) is 13.8. The van der Waals surface area contributed by atoms with E-state index in [2.05, 4.69) is 10.6 Å². The molecule has 0 bridgehead atoms. The molecule has 0 aliphatic rings. The van der Waals surface area contributed by atoms with Crippen LogP contribution in [0.1, 0.15) is 39.6 Å². The van der Waals surface area contributed by atoms with E-state index in [9.17, 15) is 14.4 Å². The number of Topliss-reactive ketones (excluding diaryl/α,β-unsaturated/α-hetero) is 1. The van der Waals surface area contributed by atoms with Crippen LogP contribution in [0.4, 0.5) is 5.69 Å². The van der Waals surface area contributed by atoms with Gasteiger partial charge in [-0.1, -0.05) is 17.7 Å². The van der Waals surface area contributed by atoms with Crippen LogP contribution in [0.3, 0.4) is 0 Å². The molecule has 2 aromatic rings. The summed E-state index contributed by atoms with van der Waals surface area (Å²) in [5, 5.41) is 5.45. The van der Waals surface area contributed by atoms with E-state index in [1.54, 1.807) is 36.4 Å². The molecule has 0 fully saturated rings. The lowest BCUT2D eigenvalue weighted by Crippen LogP contribution is -2.27. The fraction of sp³-hybridized carbons (Fsp3) is 0.211. The van der Waals surface area contributed by atoms with E-state index >= 15 is 0 Å². The highest BCUT2D eigenvalue weighted by Crippen LogP contribution is 2.10. The number of amides is 2. The number of nitrogens with one attached hydrogen (secondary N) is 2. The third-order valence-corrected chi connectivity index (χ3v) is 3.49. The van der Waals surface area contributed by atoms with Gasteiger partial charge in [-0.15, -0.1) is 0 Å². The average molecular weight is 324 g/mol. The van der Waals surface area contributed by atoms with Gasteiger partial charge in [0, 0.05) is 29.8 Å². The number of benzene rings is 2. The lowest BCUT2D eigenvalue weighted by molar-refractivity contribution is -0.116. The molecule has 0 saturated carbocycles. The number of ketones is 1. The second kappa shape index (κ2) is 8.06. The Morgan fingerprint density at radius 3 is 2.29 bits per heavy atom. The molecule has 2 amide bonds. The van der Waals surface area contributed by atoms with Crippen LogP contribution in [0, 0.1) is 6.92 Å². The molecular weight excluding hydrogens is 304 g/mol. The zero-order valence-electron chi connectivity index (χ0n) is 13.8. The molecule has 124 valence electrons. The van der Waals surface area contributed by atoms with Crippen molar-refractivity contribution in [2.24, 2.45) is 0 Å². The number of aryl methyl sites for hydroxylation is 1. The molecule has 0 spiro atoms. The number of carbonyl (C=O) groups is 3. The van der Waals surface area contributed by atoms with E-state index in [1.165, 1.54) is 6.92 Å². The van der Waals surface area contributed by atoms with Crippen LogP contribution >= 0.6 is 0 Å². The van der Waals surface area contributed by atoms with E-state index in [4.69, 9.17) is 0 Å². The predicted octanol–water partition coefficient (Wildman–Crippen LogP) is 2.96. The Morgan fingerprint density at radius 2 is 1.67 bits per heavy atom. The van der Waals surface area contributed by atoms with Gasteiger partial charge in [-0.2, -0.15) is 0 Å². The van der Waals surface area contributed by atoms with Crippen molar-refractivity contribution in [3.05, 3.63) is 65.2 Å². The zero-order chi connectivity index (χ0) is 17.5. The second-order valence-electron chi connectivity index (χ2n) is 5.56. The van der Waals surface area contributed by atoms with Crippen molar-refractivity contribution in [1.82, 2.24) is 5.32 Å². The largest absolute Gasteiger partial charge is 0.352 e. The van der Waals surface area contributed by atoms with Gasteiger partial charge in [0.25, 0.3) is 5.91 Å². The first-order chi connectivity index (χ1) is 11.5. The topological polar surface area (TPSA) is 75.3 Å². The quantitative estimate of drug-likeness (QED) is 0.802. The van der Waals surface area contributed by atoms with Crippen molar-refractivity contribution < 1.29 is 14.4 Å². The minimum absolute atomic E-state index is 0.0215. The Labute approximate surface area is 141 Å². The molecule has 0 heterocycles. The Hall–Kier alpha value is -2.95.